The molecule has 17 heavy (non-hydrogen) atoms. The zero-order valence-corrected chi connectivity index (χ0v) is 9.21. The Balaban J connectivity index is 1.74. The van der Waals surface area contributed by atoms with Crippen molar-refractivity contribution in [3.63, 3.8) is 0 Å². The number of carbonyl (C=O) groups excluding carboxylic acids is 1. The van der Waals surface area contributed by atoms with Crippen LogP contribution in [-0.2, 0) is 4.79 Å². The van der Waals surface area contributed by atoms with E-state index in [0.29, 0.717) is 0 Å². The van der Waals surface area contributed by atoms with Crippen molar-refractivity contribution in [3.05, 3.63) is 29.8 Å². The van der Waals surface area contributed by atoms with Crippen LogP contribution in [-0.4, -0.2) is 23.0 Å². The Bertz CT molecular complexity index is 523. The first-order chi connectivity index (χ1) is 8.34. The van der Waals surface area contributed by atoms with Crippen LogP contribution in [0.25, 0.3) is 0 Å². The molecule has 0 aromatic heterocycles. The molecule has 0 bridgehead atoms. The fourth-order valence-corrected chi connectivity index (χ4v) is 2.51. The summed E-state index contributed by atoms with van der Waals surface area (Å²) in [7, 11) is 0. The van der Waals surface area contributed by atoms with Crippen molar-refractivity contribution >= 4 is 11.6 Å². The van der Waals surface area contributed by atoms with E-state index in [1.807, 2.05) is 24.3 Å². The second kappa shape index (κ2) is 3.06. The van der Waals surface area contributed by atoms with E-state index in [4.69, 9.17) is 0 Å². The topological polar surface area (TPSA) is 57.1 Å². The molecule has 2 unspecified atom stereocenters. The molecule has 5 nitrogen and oxygen atoms in total. The molecule has 1 N–H and O–H groups in total. The summed E-state index contributed by atoms with van der Waals surface area (Å²) in [5, 5.41) is 13.2. The van der Waals surface area contributed by atoms with Crippen molar-refractivity contribution in [2.45, 2.75) is 31.0 Å². The number of amides is 1. The van der Waals surface area contributed by atoms with Gasteiger partial charge in [-0.15, -0.1) is 0 Å². The fraction of sp³-hybridized carbons (Fsp3) is 0.417. The molecule has 2 heterocycles. The molecule has 5 heteroatoms. The maximum Gasteiger partial charge on any atom is 0.269 e. The number of hydrogen-bond donors (Lipinski definition) is 1. The predicted octanol–water partition coefficient (Wildman–Crippen LogP) is 1.89. The Hall–Kier alpha value is -1.91. The molecule has 4 rings (SSSR count). The largest absolute Gasteiger partial charge is 0.371 e. The highest BCUT2D eigenvalue weighted by Crippen LogP contribution is 2.41. The standard InChI is InChI=1S/C12H12N4O/c17-12-11-10(14-15-16(12)7-5-6-7)8-3-1-2-4-9(8)13-11/h1-4,7,10-11,13H,5-6H2. The van der Waals surface area contributed by atoms with Crippen LogP contribution in [0.15, 0.2) is 34.6 Å². The summed E-state index contributed by atoms with van der Waals surface area (Å²) < 4.78 is 0. The minimum Gasteiger partial charge on any atom is -0.371 e. The highest BCUT2D eigenvalue weighted by molar-refractivity contribution is 5.89. The maximum absolute atomic E-state index is 12.3. The van der Waals surface area contributed by atoms with Gasteiger partial charge in [0.15, 0.2) is 0 Å². The molecule has 1 aliphatic carbocycles. The van der Waals surface area contributed by atoms with E-state index in [9.17, 15) is 4.79 Å². The van der Waals surface area contributed by atoms with E-state index in [-0.39, 0.29) is 24.0 Å². The Kier molecular flexibility index (Phi) is 1.65. The van der Waals surface area contributed by atoms with Crippen molar-refractivity contribution in [3.8, 4) is 0 Å². The lowest BCUT2D eigenvalue weighted by atomic mass is 10.0. The summed E-state index contributed by atoms with van der Waals surface area (Å²) in [5.41, 5.74) is 2.08. The summed E-state index contributed by atoms with van der Waals surface area (Å²) in [6.07, 6.45) is 2.10. The van der Waals surface area contributed by atoms with Crippen molar-refractivity contribution in [2.24, 2.45) is 10.3 Å². The summed E-state index contributed by atoms with van der Waals surface area (Å²) in [4.78, 5) is 12.3. The molecule has 1 fully saturated rings. The molecule has 1 saturated carbocycles. The van der Waals surface area contributed by atoms with Crippen LogP contribution in [0.2, 0.25) is 0 Å². The average molecular weight is 228 g/mol. The molecule has 0 saturated heterocycles. The number of fused-ring (bicyclic) bond motifs is 3. The number of carbonyl (C=O) groups is 1. The minimum absolute atomic E-state index is 0.0590. The SMILES string of the molecule is O=C1C2Nc3ccccc3C2N=NN1C1CC1. The van der Waals surface area contributed by atoms with Crippen LogP contribution >= 0.6 is 0 Å². The molecular formula is C12H12N4O. The molecule has 1 aromatic rings. The smallest absolute Gasteiger partial charge is 0.269 e. The number of benzene rings is 1. The third kappa shape index (κ3) is 1.22. The van der Waals surface area contributed by atoms with Gasteiger partial charge in [0.1, 0.15) is 12.1 Å². The molecule has 86 valence electrons. The number of nitrogens with one attached hydrogen (secondary N) is 1. The molecular weight excluding hydrogens is 216 g/mol. The van der Waals surface area contributed by atoms with Crippen molar-refractivity contribution in [2.75, 3.05) is 5.32 Å². The van der Waals surface area contributed by atoms with E-state index in [1.54, 1.807) is 5.01 Å². The molecule has 2 aliphatic heterocycles. The summed E-state index contributed by atoms with van der Waals surface area (Å²) in [5.74, 6) is 0.0590. The average Bonchev–Trinajstić information content (AvgIpc) is 3.11. The van der Waals surface area contributed by atoms with E-state index < -0.39 is 0 Å². The van der Waals surface area contributed by atoms with E-state index >= 15 is 0 Å². The highest BCUT2D eigenvalue weighted by atomic mass is 16.2. The van der Waals surface area contributed by atoms with Gasteiger partial charge in [-0.3, -0.25) is 4.79 Å². The number of anilines is 1. The fourth-order valence-electron chi connectivity index (χ4n) is 2.51. The number of nitrogens with zero attached hydrogens (tertiary/aromatic N) is 3. The Morgan fingerprint density at radius 1 is 1.29 bits per heavy atom. The van der Waals surface area contributed by atoms with Crippen molar-refractivity contribution in [1.82, 2.24) is 5.01 Å². The van der Waals surface area contributed by atoms with E-state index in [0.717, 1.165) is 24.1 Å². The second-order valence-electron chi connectivity index (χ2n) is 4.77. The quantitative estimate of drug-likeness (QED) is 0.798. The highest BCUT2D eigenvalue weighted by Gasteiger charge is 2.46. The molecule has 1 amide bonds. The van der Waals surface area contributed by atoms with Gasteiger partial charge in [0.05, 0.1) is 6.04 Å². The molecule has 1 aromatic carbocycles. The predicted molar refractivity (Wildman–Crippen MR) is 61.3 cm³/mol. The van der Waals surface area contributed by atoms with Crippen LogP contribution in [0.3, 0.4) is 0 Å². The van der Waals surface area contributed by atoms with Gasteiger partial charge in [0.25, 0.3) is 5.91 Å². The zero-order valence-electron chi connectivity index (χ0n) is 9.21. The van der Waals surface area contributed by atoms with Crippen molar-refractivity contribution < 1.29 is 4.79 Å². The first-order valence-corrected chi connectivity index (χ1v) is 5.94. The summed E-state index contributed by atoms with van der Waals surface area (Å²) >= 11 is 0. The molecule has 0 radical (unpaired) electrons. The Labute approximate surface area is 98.5 Å². The first kappa shape index (κ1) is 9.15. The van der Waals surface area contributed by atoms with Crippen molar-refractivity contribution in [1.29, 1.82) is 0 Å². The minimum atomic E-state index is -0.259. The van der Waals surface area contributed by atoms with E-state index in [2.05, 4.69) is 15.7 Å². The second-order valence-corrected chi connectivity index (χ2v) is 4.77. The van der Waals surface area contributed by atoms with Gasteiger partial charge in [-0.2, -0.15) is 5.11 Å². The Morgan fingerprint density at radius 2 is 2.12 bits per heavy atom. The first-order valence-electron chi connectivity index (χ1n) is 5.94. The van der Waals surface area contributed by atoms with Gasteiger partial charge in [-0.25, -0.2) is 5.01 Å². The third-order valence-electron chi connectivity index (χ3n) is 3.56. The van der Waals surface area contributed by atoms with Gasteiger partial charge >= 0.3 is 0 Å². The third-order valence-corrected chi connectivity index (χ3v) is 3.56. The van der Waals surface area contributed by atoms with Crippen LogP contribution in [0.1, 0.15) is 24.4 Å². The van der Waals surface area contributed by atoms with Crippen LogP contribution in [0.4, 0.5) is 5.69 Å². The normalized spacial score (nSPS) is 29.9. The van der Waals surface area contributed by atoms with E-state index in [1.165, 1.54) is 0 Å². The van der Waals surface area contributed by atoms with Crippen LogP contribution in [0.5, 0.6) is 0 Å². The van der Waals surface area contributed by atoms with Gasteiger partial charge in [-0.05, 0) is 18.9 Å². The molecule has 0 spiro atoms. The summed E-state index contributed by atoms with van der Waals surface area (Å²) in [6.45, 7) is 0. The lowest BCUT2D eigenvalue weighted by molar-refractivity contribution is -0.135. The number of rotatable bonds is 1. The summed E-state index contributed by atoms with van der Waals surface area (Å²) in [6, 6.07) is 7.81. The molecule has 2 atom stereocenters. The van der Waals surface area contributed by atoms with Crippen LogP contribution in [0, 0.1) is 0 Å². The van der Waals surface area contributed by atoms with Gasteiger partial charge in [-0.1, -0.05) is 23.4 Å². The zero-order chi connectivity index (χ0) is 11.4. The van der Waals surface area contributed by atoms with Gasteiger partial charge < -0.3 is 5.32 Å². The Morgan fingerprint density at radius 3 is 2.94 bits per heavy atom. The molecule has 3 aliphatic rings. The van der Waals surface area contributed by atoms with Crippen LogP contribution < -0.4 is 5.32 Å². The lowest BCUT2D eigenvalue weighted by Gasteiger charge is -2.26. The monoisotopic (exact) mass is 228 g/mol. The number of para-hydroxylation sites is 1. The number of hydrogen-bond acceptors (Lipinski definition) is 4. The lowest BCUT2D eigenvalue weighted by Crippen LogP contribution is -2.44. The van der Waals surface area contributed by atoms with Gasteiger partial charge in [0.2, 0.25) is 0 Å². The van der Waals surface area contributed by atoms with Gasteiger partial charge in [0, 0.05) is 11.3 Å². The maximum atomic E-state index is 12.3.